The first kappa shape index (κ1) is 17.1. The minimum Gasteiger partial charge on any atom is -0.508 e. The molecular weight excluding hydrogens is 296 g/mol. The lowest BCUT2D eigenvalue weighted by molar-refractivity contribution is -0.132. The van der Waals surface area contributed by atoms with Crippen molar-refractivity contribution >= 4 is 11.8 Å². The Morgan fingerprint density at radius 1 is 1.17 bits per heavy atom. The van der Waals surface area contributed by atoms with Crippen LogP contribution >= 0.6 is 0 Å². The lowest BCUT2D eigenvalue weighted by atomic mass is 10.0. The molecule has 3 N–H and O–H groups in total. The van der Waals surface area contributed by atoms with Gasteiger partial charge in [0, 0.05) is 37.2 Å². The van der Waals surface area contributed by atoms with Gasteiger partial charge in [0.15, 0.2) is 0 Å². The highest BCUT2D eigenvalue weighted by Gasteiger charge is 2.24. The normalized spacial score (nSPS) is 15.4. The molecule has 1 aromatic carbocycles. The Kier molecular flexibility index (Phi) is 5.84. The van der Waals surface area contributed by atoms with Crippen molar-refractivity contribution in [2.75, 3.05) is 13.1 Å². The van der Waals surface area contributed by atoms with Gasteiger partial charge < -0.3 is 20.4 Å². The number of rotatable bonds is 5. The Morgan fingerprint density at radius 2 is 1.78 bits per heavy atom. The number of piperidine rings is 1. The molecular formula is C17H24N2O4. The van der Waals surface area contributed by atoms with Crippen molar-refractivity contribution in [3.63, 3.8) is 0 Å². The number of benzene rings is 1. The van der Waals surface area contributed by atoms with Gasteiger partial charge in [-0.25, -0.2) is 0 Å². The quantitative estimate of drug-likeness (QED) is 0.774. The molecule has 1 aliphatic heterocycles. The number of nitrogens with one attached hydrogen (secondary N) is 1. The van der Waals surface area contributed by atoms with Crippen LogP contribution in [-0.4, -0.2) is 46.1 Å². The van der Waals surface area contributed by atoms with E-state index in [1.807, 2.05) is 4.90 Å². The van der Waals surface area contributed by atoms with E-state index in [4.69, 9.17) is 0 Å². The third kappa shape index (κ3) is 4.87. The fraction of sp³-hybridized carbons (Fsp3) is 0.529. The zero-order valence-corrected chi connectivity index (χ0v) is 13.4. The summed E-state index contributed by atoms with van der Waals surface area (Å²) >= 11 is 0. The molecule has 6 heteroatoms. The first-order valence-corrected chi connectivity index (χ1v) is 8.11. The zero-order chi connectivity index (χ0) is 16.8. The molecule has 2 amide bonds. The summed E-state index contributed by atoms with van der Waals surface area (Å²) in [6, 6.07) is 3.82. The summed E-state index contributed by atoms with van der Waals surface area (Å²) in [4.78, 5) is 26.0. The van der Waals surface area contributed by atoms with E-state index in [0.29, 0.717) is 32.4 Å². The van der Waals surface area contributed by atoms with E-state index in [9.17, 15) is 19.8 Å². The van der Waals surface area contributed by atoms with E-state index < -0.39 is 0 Å². The summed E-state index contributed by atoms with van der Waals surface area (Å²) in [7, 11) is 0. The largest absolute Gasteiger partial charge is 0.508 e. The number of carbonyl (C=O) groups excluding carboxylic acids is 2. The van der Waals surface area contributed by atoms with Crippen molar-refractivity contribution < 1.29 is 19.8 Å². The number of hydrogen-bond donors (Lipinski definition) is 3. The highest BCUT2D eigenvalue weighted by Crippen LogP contribution is 2.21. The van der Waals surface area contributed by atoms with Crippen LogP contribution in [0.15, 0.2) is 18.2 Å². The first-order valence-electron chi connectivity index (χ1n) is 8.11. The molecule has 0 unspecified atom stereocenters. The maximum Gasteiger partial charge on any atom is 0.251 e. The lowest BCUT2D eigenvalue weighted by Gasteiger charge is -2.32. The summed E-state index contributed by atoms with van der Waals surface area (Å²) in [5, 5.41) is 21.8. The molecule has 0 saturated carbocycles. The molecule has 1 heterocycles. The summed E-state index contributed by atoms with van der Waals surface area (Å²) in [5.41, 5.74) is 0.226. The fourth-order valence-electron chi connectivity index (χ4n) is 2.75. The minimum atomic E-state index is -0.327. The Labute approximate surface area is 136 Å². The molecule has 126 valence electrons. The minimum absolute atomic E-state index is 0.00205. The molecule has 2 rings (SSSR count). The average Bonchev–Trinajstić information content (AvgIpc) is 2.52. The van der Waals surface area contributed by atoms with E-state index in [1.165, 1.54) is 18.2 Å². The molecule has 1 aliphatic rings. The number of carbonyl (C=O) groups is 2. The molecule has 0 bridgehead atoms. The van der Waals surface area contributed by atoms with Gasteiger partial charge in [-0.15, -0.1) is 0 Å². The molecule has 0 atom stereocenters. The second-order valence-electron chi connectivity index (χ2n) is 5.97. The number of phenols is 2. The highest BCUT2D eigenvalue weighted by molar-refractivity contribution is 5.95. The molecule has 0 spiro atoms. The van der Waals surface area contributed by atoms with Crippen molar-refractivity contribution in [1.82, 2.24) is 10.2 Å². The fourth-order valence-corrected chi connectivity index (χ4v) is 2.75. The molecule has 1 aromatic rings. The third-order valence-corrected chi connectivity index (χ3v) is 4.09. The van der Waals surface area contributed by atoms with Crippen LogP contribution in [0.3, 0.4) is 0 Å². The van der Waals surface area contributed by atoms with Gasteiger partial charge >= 0.3 is 0 Å². The predicted octanol–water partition coefficient (Wildman–Crippen LogP) is 2.01. The molecule has 1 fully saturated rings. The Balaban J connectivity index is 1.84. The van der Waals surface area contributed by atoms with E-state index in [1.54, 1.807) is 0 Å². The lowest BCUT2D eigenvalue weighted by Crippen LogP contribution is -2.46. The van der Waals surface area contributed by atoms with Gasteiger partial charge in [0.1, 0.15) is 11.5 Å². The van der Waals surface area contributed by atoms with Crippen molar-refractivity contribution in [1.29, 1.82) is 0 Å². The monoisotopic (exact) mass is 320 g/mol. The Hall–Kier alpha value is -2.24. The van der Waals surface area contributed by atoms with Gasteiger partial charge in [0.25, 0.3) is 5.91 Å². The van der Waals surface area contributed by atoms with Crippen LogP contribution in [0.4, 0.5) is 0 Å². The zero-order valence-electron chi connectivity index (χ0n) is 13.4. The SMILES string of the molecule is CCCCC(=O)N1CCC(NC(=O)c2cc(O)cc(O)c2)CC1. The maximum atomic E-state index is 12.2. The van der Waals surface area contributed by atoms with Gasteiger partial charge in [0.05, 0.1) is 0 Å². The molecule has 1 saturated heterocycles. The van der Waals surface area contributed by atoms with Crippen LogP contribution < -0.4 is 5.32 Å². The van der Waals surface area contributed by atoms with Gasteiger partial charge in [-0.3, -0.25) is 9.59 Å². The standard InChI is InChI=1S/C17H24N2O4/c1-2-3-4-16(22)19-7-5-13(6-8-19)18-17(23)12-9-14(20)11-15(21)10-12/h9-11,13,20-21H,2-8H2,1H3,(H,18,23). The number of phenolic OH excluding ortho intramolecular Hbond substituents is 2. The van der Waals surface area contributed by atoms with Crippen LogP contribution in [0.25, 0.3) is 0 Å². The number of aromatic hydroxyl groups is 2. The topological polar surface area (TPSA) is 89.9 Å². The van der Waals surface area contributed by atoms with E-state index >= 15 is 0 Å². The van der Waals surface area contributed by atoms with Crippen LogP contribution in [-0.2, 0) is 4.79 Å². The van der Waals surface area contributed by atoms with Crippen molar-refractivity contribution in [3.8, 4) is 11.5 Å². The third-order valence-electron chi connectivity index (χ3n) is 4.09. The summed E-state index contributed by atoms with van der Waals surface area (Å²) in [6.07, 6.45) is 3.95. The average molecular weight is 320 g/mol. The second kappa shape index (κ2) is 7.85. The van der Waals surface area contributed by atoms with E-state index in [-0.39, 0.29) is 34.9 Å². The van der Waals surface area contributed by atoms with Gasteiger partial charge in [-0.2, -0.15) is 0 Å². The summed E-state index contributed by atoms with van der Waals surface area (Å²) in [5.74, 6) is -0.431. The van der Waals surface area contributed by atoms with E-state index in [2.05, 4.69) is 12.2 Å². The molecule has 23 heavy (non-hydrogen) atoms. The molecule has 0 aliphatic carbocycles. The maximum absolute atomic E-state index is 12.2. The highest BCUT2D eigenvalue weighted by atomic mass is 16.3. The number of amides is 2. The van der Waals surface area contributed by atoms with Gasteiger partial charge in [0.2, 0.25) is 5.91 Å². The number of nitrogens with zero attached hydrogens (tertiary/aromatic N) is 1. The van der Waals surface area contributed by atoms with Gasteiger partial charge in [-0.05, 0) is 31.4 Å². The molecule has 0 aromatic heterocycles. The van der Waals surface area contributed by atoms with Gasteiger partial charge in [-0.1, -0.05) is 13.3 Å². The number of unbranched alkanes of at least 4 members (excludes halogenated alkanes) is 1. The summed E-state index contributed by atoms with van der Waals surface area (Å²) < 4.78 is 0. The molecule has 0 radical (unpaired) electrons. The van der Waals surface area contributed by atoms with Crippen LogP contribution in [0.2, 0.25) is 0 Å². The summed E-state index contributed by atoms with van der Waals surface area (Å²) in [6.45, 7) is 3.37. The number of likely N-dealkylation sites (tertiary alicyclic amines) is 1. The van der Waals surface area contributed by atoms with Crippen LogP contribution in [0.1, 0.15) is 49.4 Å². The van der Waals surface area contributed by atoms with Crippen molar-refractivity contribution in [2.45, 2.75) is 45.1 Å². The second-order valence-corrected chi connectivity index (χ2v) is 5.97. The van der Waals surface area contributed by atoms with Crippen molar-refractivity contribution in [2.24, 2.45) is 0 Å². The van der Waals surface area contributed by atoms with Crippen LogP contribution in [0, 0.1) is 0 Å². The predicted molar refractivity (Wildman–Crippen MR) is 86.4 cm³/mol. The first-order chi connectivity index (χ1) is 11.0. The Bertz CT molecular complexity index is 545. The molecule has 6 nitrogen and oxygen atoms in total. The van der Waals surface area contributed by atoms with Crippen molar-refractivity contribution in [3.05, 3.63) is 23.8 Å². The number of hydrogen-bond acceptors (Lipinski definition) is 4. The Morgan fingerprint density at radius 3 is 2.35 bits per heavy atom. The van der Waals surface area contributed by atoms with E-state index in [0.717, 1.165) is 12.8 Å². The van der Waals surface area contributed by atoms with Crippen LogP contribution in [0.5, 0.6) is 11.5 Å². The smallest absolute Gasteiger partial charge is 0.251 e.